The maximum atomic E-state index is 12.3. The van der Waals surface area contributed by atoms with Crippen LogP contribution in [0, 0.1) is 0 Å². The van der Waals surface area contributed by atoms with Crippen molar-refractivity contribution in [3.63, 3.8) is 0 Å². The van der Waals surface area contributed by atoms with E-state index in [0.29, 0.717) is 6.54 Å². The average Bonchev–Trinajstić information content (AvgIpc) is 2.59. The quantitative estimate of drug-likeness (QED) is 0.800. The lowest BCUT2D eigenvalue weighted by Crippen LogP contribution is -2.25. The van der Waals surface area contributed by atoms with E-state index in [4.69, 9.17) is 11.6 Å². The molecule has 120 valence electrons. The Labute approximate surface area is 142 Å². The summed E-state index contributed by atoms with van der Waals surface area (Å²) in [7, 11) is 0. The fraction of sp³-hybridized carbons (Fsp3) is 0.350. The highest BCUT2D eigenvalue weighted by Gasteiger charge is 2.12. The largest absolute Gasteiger partial charge is 0.352 e. The Balaban J connectivity index is 1.48. The van der Waals surface area contributed by atoms with Crippen LogP contribution in [-0.4, -0.2) is 12.5 Å². The Morgan fingerprint density at radius 3 is 2.52 bits per heavy atom. The first-order valence-electron chi connectivity index (χ1n) is 8.37. The molecule has 2 aromatic rings. The molecule has 0 spiro atoms. The molecule has 23 heavy (non-hydrogen) atoms. The minimum atomic E-state index is 0.0366. The molecule has 1 amide bonds. The third-order valence-corrected chi connectivity index (χ3v) is 4.70. The minimum absolute atomic E-state index is 0.0366. The zero-order valence-electron chi connectivity index (χ0n) is 13.3. The Hall–Kier alpha value is -1.80. The fourth-order valence-electron chi connectivity index (χ4n) is 3.12. The molecule has 0 saturated heterocycles. The van der Waals surface area contributed by atoms with E-state index in [-0.39, 0.29) is 5.91 Å². The first-order valence-corrected chi connectivity index (χ1v) is 8.74. The number of carbonyl (C=O) groups is 1. The van der Waals surface area contributed by atoms with Crippen molar-refractivity contribution in [3.05, 3.63) is 69.7 Å². The fourth-order valence-corrected chi connectivity index (χ4v) is 3.25. The van der Waals surface area contributed by atoms with Crippen LogP contribution >= 0.6 is 11.6 Å². The highest BCUT2D eigenvalue weighted by Crippen LogP contribution is 2.22. The summed E-state index contributed by atoms with van der Waals surface area (Å²) >= 11 is 5.88. The number of benzene rings is 2. The normalized spacial score (nSPS) is 13.4. The van der Waals surface area contributed by atoms with Crippen LogP contribution in [0.15, 0.2) is 42.5 Å². The van der Waals surface area contributed by atoms with E-state index < -0.39 is 0 Å². The Kier molecular flexibility index (Phi) is 5.35. The summed E-state index contributed by atoms with van der Waals surface area (Å²) in [5, 5.41) is 3.78. The van der Waals surface area contributed by atoms with Crippen molar-refractivity contribution in [1.82, 2.24) is 5.32 Å². The van der Waals surface area contributed by atoms with Gasteiger partial charge < -0.3 is 5.32 Å². The van der Waals surface area contributed by atoms with Crippen molar-refractivity contribution < 1.29 is 4.79 Å². The second kappa shape index (κ2) is 7.65. The lowest BCUT2D eigenvalue weighted by molar-refractivity contribution is 0.0953. The van der Waals surface area contributed by atoms with E-state index in [1.165, 1.54) is 29.5 Å². The van der Waals surface area contributed by atoms with Crippen LogP contribution in [0.5, 0.6) is 0 Å². The lowest BCUT2D eigenvalue weighted by Gasteiger charge is -2.16. The molecule has 2 aromatic carbocycles. The van der Waals surface area contributed by atoms with Gasteiger partial charge >= 0.3 is 0 Å². The molecular formula is C20H22ClNO. The third-order valence-electron chi connectivity index (χ3n) is 4.45. The Morgan fingerprint density at radius 1 is 1.00 bits per heavy atom. The van der Waals surface area contributed by atoms with Gasteiger partial charge in [0.1, 0.15) is 0 Å². The summed E-state index contributed by atoms with van der Waals surface area (Å²) in [5.74, 6) is 0.0366. The van der Waals surface area contributed by atoms with Gasteiger partial charge in [-0.15, -0.1) is 0 Å². The molecule has 0 radical (unpaired) electrons. The van der Waals surface area contributed by atoms with Crippen molar-refractivity contribution >= 4 is 17.5 Å². The van der Waals surface area contributed by atoms with Crippen LogP contribution in [0.4, 0.5) is 0 Å². The number of amides is 1. The summed E-state index contributed by atoms with van der Waals surface area (Å²) in [6, 6.07) is 14.0. The lowest BCUT2D eigenvalue weighted by atomic mass is 9.90. The summed E-state index contributed by atoms with van der Waals surface area (Å²) < 4.78 is 0. The van der Waals surface area contributed by atoms with Crippen molar-refractivity contribution in [2.75, 3.05) is 6.54 Å². The maximum absolute atomic E-state index is 12.3. The second-order valence-corrected chi connectivity index (χ2v) is 6.61. The molecule has 3 rings (SSSR count). The molecule has 0 aromatic heterocycles. The second-order valence-electron chi connectivity index (χ2n) is 6.18. The molecule has 0 atom stereocenters. The molecule has 1 aliphatic rings. The summed E-state index contributed by atoms with van der Waals surface area (Å²) in [6.45, 7) is 0.693. The van der Waals surface area contributed by atoms with E-state index in [0.717, 1.165) is 36.3 Å². The number of fused-ring (bicyclic) bond motifs is 1. The van der Waals surface area contributed by atoms with E-state index in [2.05, 4.69) is 17.4 Å². The van der Waals surface area contributed by atoms with Crippen LogP contribution in [0.25, 0.3) is 0 Å². The number of carbonyl (C=O) groups excluding carboxylic acids is 1. The number of nitrogens with one attached hydrogen (secondary N) is 1. The number of halogens is 1. The van der Waals surface area contributed by atoms with E-state index in [1.807, 2.05) is 30.3 Å². The highest BCUT2D eigenvalue weighted by molar-refractivity contribution is 6.30. The number of rotatable bonds is 5. The minimum Gasteiger partial charge on any atom is -0.352 e. The molecule has 0 unspecified atom stereocenters. The summed E-state index contributed by atoms with van der Waals surface area (Å²) in [5.41, 5.74) is 4.80. The van der Waals surface area contributed by atoms with Gasteiger partial charge in [0.2, 0.25) is 0 Å². The van der Waals surface area contributed by atoms with Gasteiger partial charge in [-0.25, -0.2) is 0 Å². The van der Waals surface area contributed by atoms with Gasteiger partial charge in [-0.2, -0.15) is 0 Å². The van der Waals surface area contributed by atoms with Gasteiger partial charge in [0.25, 0.3) is 5.91 Å². The van der Waals surface area contributed by atoms with Gasteiger partial charge in [-0.05, 0) is 79.5 Å². The standard InChI is InChI=1S/C20H22ClNO/c21-19-11-7-15(8-12-19)4-3-13-22-20(23)18-10-9-16-5-1-2-6-17(16)14-18/h7-12,14H,1-6,13H2,(H,22,23). The van der Waals surface area contributed by atoms with Gasteiger partial charge in [-0.1, -0.05) is 29.8 Å². The number of aryl methyl sites for hydroxylation is 3. The SMILES string of the molecule is O=C(NCCCc1ccc(Cl)cc1)c1ccc2c(c1)CCCC2. The van der Waals surface area contributed by atoms with Gasteiger partial charge in [0.15, 0.2) is 0 Å². The Bertz CT molecular complexity index is 679. The van der Waals surface area contributed by atoms with Crippen LogP contribution in [0.3, 0.4) is 0 Å². The van der Waals surface area contributed by atoms with Gasteiger partial charge in [-0.3, -0.25) is 4.79 Å². The van der Waals surface area contributed by atoms with Gasteiger partial charge in [0.05, 0.1) is 0 Å². The first-order chi connectivity index (χ1) is 11.2. The molecule has 0 bridgehead atoms. The molecule has 0 saturated carbocycles. The molecule has 0 fully saturated rings. The zero-order valence-corrected chi connectivity index (χ0v) is 14.0. The van der Waals surface area contributed by atoms with Crippen LogP contribution in [-0.2, 0) is 19.3 Å². The molecule has 0 aliphatic heterocycles. The topological polar surface area (TPSA) is 29.1 Å². The number of hydrogen-bond acceptors (Lipinski definition) is 1. The first kappa shape index (κ1) is 16.1. The molecule has 3 heteroatoms. The number of hydrogen-bond donors (Lipinski definition) is 1. The predicted molar refractivity (Wildman–Crippen MR) is 95.2 cm³/mol. The molecule has 0 heterocycles. The van der Waals surface area contributed by atoms with Crippen molar-refractivity contribution in [2.24, 2.45) is 0 Å². The van der Waals surface area contributed by atoms with E-state index >= 15 is 0 Å². The van der Waals surface area contributed by atoms with Crippen LogP contribution < -0.4 is 5.32 Å². The highest BCUT2D eigenvalue weighted by atomic mass is 35.5. The van der Waals surface area contributed by atoms with Crippen LogP contribution in [0.1, 0.15) is 46.3 Å². The molecular weight excluding hydrogens is 306 g/mol. The summed E-state index contributed by atoms with van der Waals surface area (Å²) in [4.78, 5) is 12.3. The zero-order chi connectivity index (χ0) is 16.1. The van der Waals surface area contributed by atoms with E-state index in [1.54, 1.807) is 0 Å². The molecule has 1 N–H and O–H groups in total. The van der Waals surface area contributed by atoms with Gasteiger partial charge in [0, 0.05) is 17.1 Å². The smallest absolute Gasteiger partial charge is 0.251 e. The van der Waals surface area contributed by atoms with E-state index in [9.17, 15) is 4.79 Å². The maximum Gasteiger partial charge on any atom is 0.251 e. The van der Waals surface area contributed by atoms with Crippen LogP contribution in [0.2, 0.25) is 5.02 Å². The molecule has 1 aliphatic carbocycles. The molecule has 2 nitrogen and oxygen atoms in total. The van der Waals surface area contributed by atoms with Crippen molar-refractivity contribution in [3.8, 4) is 0 Å². The predicted octanol–water partition coefficient (Wildman–Crippen LogP) is 4.58. The van der Waals surface area contributed by atoms with Crippen molar-refractivity contribution in [2.45, 2.75) is 38.5 Å². The van der Waals surface area contributed by atoms with Crippen molar-refractivity contribution in [1.29, 1.82) is 0 Å². The Morgan fingerprint density at radius 2 is 1.74 bits per heavy atom. The summed E-state index contributed by atoms with van der Waals surface area (Å²) in [6.07, 6.45) is 6.63. The average molecular weight is 328 g/mol. The monoisotopic (exact) mass is 327 g/mol. The third kappa shape index (κ3) is 4.35.